The van der Waals surface area contributed by atoms with Gasteiger partial charge in [-0.3, -0.25) is 4.99 Å². The predicted molar refractivity (Wildman–Crippen MR) is 103 cm³/mol. The number of rotatable bonds is 6. The van der Waals surface area contributed by atoms with Crippen molar-refractivity contribution in [3.63, 3.8) is 0 Å². The molecule has 0 bridgehead atoms. The fourth-order valence-corrected chi connectivity index (χ4v) is 2.69. The van der Waals surface area contributed by atoms with E-state index in [1.165, 1.54) is 6.07 Å². The first-order chi connectivity index (χ1) is 13.9. The fraction of sp³-hybridized carbons (Fsp3) is 0.350. The van der Waals surface area contributed by atoms with Crippen LogP contribution in [0.1, 0.15) is 5.56 Å². The van der Waals surface area contributed by atoms with Crippen molar-refractivity contribution >= 4 is 5.96 Å². The van der Waals surface area contributed by atoms with Crippen LogP contribution in [-0.2, 0) is 6.54 Å². The van der Waals surface area contributed by atoms with Crippen molar-refractivity contribution in [2.45, 2.75) is 18.8 Å². The summed E-state index contributed by atoms with van der Waals surface area (Å²) in [6.45, 7) is -0.0597. The smallest absolute Gasteiger partial charge is 0.422 e. The molecule has 2 N–H and O–H groups in total. The van der Waals surface area contributed by atoms with E-state index in [2.05, 4.69) is 15.6 Å². The maximum atomic E-state index is 12.3. The molecule has 0 saturated carbocycles. The van der Waals surface area contributed by atoms with E-state index in [4.69, 9.17) is 14.2 Å². The molecule has 0 spiro atoms. The van der Waals surface area contributed by atoms with Gasteiger partial charge in [0.2, 0.25) is 0 Å². The summed E-state index contributed by atoms with van der Waals surface area (Å²) in [4.78, 5) is 4.14. The van der Waals surface area contributed by atoms with Crippen molar-refractivity contribution in [2.24, 2.45) is 4.99 Å². The van der Waals surface area contributed by atoms with E-state index in [0.29, 0.717) is 31.4 Å². The Morgan fingerprint density at radius 2 is 1.93 bits per heavy atom. The molecular weight excluding hydrogens is 387 g/mol. The molecule has 0 aromatic heterocycles. The molecular formula is C20H22F3N3O3. The van der Waals surface area contributed by atoms with Gasteiger partial charge in [-0.25, -0.2) is 0 Å². The molecule has 0 saturated heterocycles. The average Bonchev–Trinajstić information content (AvgIpc) is 2.72. The van der Waals surface area contributed by atoms with Crippen LogP contribution in [0.15, 0.2) is 53.5 Å². The van der Waals surface area contributed by atoms with Gasteiger partial charge in [0.1, 0.15) is 18.5 Å². The summed E-state index contributed by atoms with van der Waals surface area (Å²) in [5.41, 5.74) is 0.763. The predicted octanol–water partition coefficient (Wildman–Crippen LogP) is 3.13. The maximum absolute atomic E-state index is 12.3. The summed E-state index contributed by atoms with van der Waals surface area (Å²) < 4.78 is 53.2. The molecule has 1 heterocycles. The zero-order valence-corrected chi connectivity index (χ0v) is 15.8. The van der Waals surface area contributed by atoms with Gasteiger partial charge in [-0.15, -0.1) is 0 Å². The number of benzene rings is 2. The number of para-hydroxylation sites is 2. The molecule has 1 atom stereocenters. The normalized spacial score (nSPS) is 16.3. The van der Waals surface area contributed by atoms with Crippen LogP contribution in [0.3, 0.4) is 0 Å². The van der Waals surface area contributed by atoms with E-state index in [1.54, 1.807) is 25.2 Å². The lowest BCUT2D eigenvalue weighted by Crippen LogP contribution is -2.45. The Bertz CT molecular complexity index is 843. The Kier molecular flexibility index (Phi) is 6.69. The van der Waals surface area contributed by atoms with Crippen molar-refractivity contribution in [2.75, 3.05) is 26.8 Å². The van der Waals surface area contributed by atoms with Crippen LogP contribution in [0, 0.1) is 0 Å². The molecule has 0 fully saturated rings. The molecule has 0 radical (unpaired) electrons. The molecule has 1 unspecified atom stereocenters. The highest BCUT2D eigenvalue weighted by Gasteiger charge is 2.28. The van der Waals surface area contributed by atoms with Crippen LogP contribution >= 0.6 is 0 Å². The highest BCUT2D eigenvalue weighted by Crippen LogP contribution is 2.30. The lowest BCUT2D eigenvalue weighted by molar-refractivity contribution is -0.153. The molecule has 3 rings (SSSR count). The van der Waals surface area contributed by atoms with Gasteiger partial charge in [0.25, 0.3) is 0 Å². The Labute approximate surface area is 166 Å². The molecule has 0 aliphatic carbocycles. The van der Waals surface area contributed by atoms with Gasteiger partial charge in [-0.1, -0.05) is 24.3 Å². The highest BCUT2D eigenvalue weighted by molar-refractivity contribution is 5.79. The Morgan fingerprint density at radius 3 is 2.69 bits per heavy atom. The molecule has 0 amide bonds. The number of hydrogen-bond acceptors (Lipinski definition) is 4. The van der Waals surface area contributed by atoms with E-state index >= 15 is 0 Å². The van der Waals surface area contributed by atoms with Crippen LogP contribution < -0.4 is 24.8 Å². The highest BCUT2D eigenvalue weighted by atomic mass is 19.4. The quantitative estimate of drug-likeness (QED) is 0.567. The number of nitrogens with zero attached hydrogens (tertiary/aromatic N) is 1. The summed E-state index contributed by atoms with van der Waals surface area (Å²) in [5, 5.41) is 6.26. The second-order valence-electron chi connectivity index (χ2n) is 6.36. The minimum Gasteiger partial charge on any atom is -0.486 e. The second-order valence-corrected chi connectivity index (χ2v) is 6.36. The van der Waals surface area contributed by atoms with Gasteiger partial charge in [0.05, 0.1) is 6.54 Å². The van der Waals surface area contributed by atoms with Gasteiger partial charge in [-0.2, -0.15) is 13.2 Å². The first-order valence-electron chi connectivity index (χ1n) is 9.04. The standard InChI is InChI=1S/C20H22F3N3O3/c1-24-19(26-11-16-12-27-17-7-2-3-8-18(17)29-16)25-10-14-5-4-6-15(9-14)28-13-20(21,22)23/h2-9,16H,10-13H2,1H3,(H2,24,25,26). The lowest BCUT2D eigenvalue weighted by atomic mass is 10.2. The van der Waals surface area contributed by atoms with Crippen LogP contribution in [0.5, 0.6) is 17.2 Å². The van der Waals surface area contributed by atoms with Crippen molar-refractivity contribution in [1.29, 1.82) is 0 Å². The fourth-order valence-electron chi connectivity index (χ4n) is 2.69. The van der Waals surface area contributed by atoms with Crippen LogP contribution in [0.4, 0.5) is 13.2 Å². The monoisotopic (exact) mass is 409 g/mol. The molecule has 6 nitrogen and oxygen atoms in total. The number of ether oxygens (including phenoxy) is 3. The summed E-state index contributed by atoms with van der Waals surface area (Å²) >= 11 is 0. The zero-order valence-electron chi connectivity index (χ0n) is 15.8. The van der Waals surface area contributed by atoms with Crippen molar-refractivity contribution in [1.82, 2.24) is 10.6 Å². The number of aliphatic imine (C=N–C) groups is 1. The molecule has 1 aliphatic rings. The average molecular weight is 409 g/mol. The lowest BCUT2D eigenvalue weighted by Gasteiger charge is -2.27. The van der Waals surface area contributed by atoms with Crippen LogP contribution in [0.25, 0.3) is 0 Å². The topological polar surface area (TPSA) is 64.1 Å². The SMILES string of the molecule is CN=C(NCc1cccc(OCC(F)(F)F)c1)NCC1COc2ccccc2O1. The van der Waals surface area contributed by atoms with E-state index in [-0.39, 0.29) is 11.9 Å². The summed E-state index contributed by atoms with van der Waals surface area (Å²) in [6.07, 6.45) is -4.55. The first-order valence-corrected chi connectivity index (χ1v) is 9.04. The zero-order chi connectivity index (χ0) is 20.7. The van der Waals surface area contributed by atoms with E-state index in [0.717, 1.165) is 11.3 Å². The van der Waals surface area contributed by atoms with E-state index < -0.39 is 12.8 Å². The molecule has 2 aromatic carbocycles. The van der Waals surface area contributed by atoms with Gasteiger partial charge < -0.3 is 24.8 Å². The van der Waals surface area contributed by atoms with Gasteiger partial charge in [0, 0.05) is 13.6 Å². The third kappa shape index (κ3) is 6.48. The van der Waals surface area contributed by atoms with Crippen LogP contribution in [0.2, 0.25) is 0 Å². The number of halogens is 3. The largest absolute Gasteiger partial charge is 0.486 e. The first kappa shape index (κ1) is 20.6. The number of guanidine groups is 1. The third-order valence-electron chi connectivity index (χ3n) is 4.05. The number of alkyl halides is 3. The Morgan fingerprint density at radius 1 is 1.14 bits per heavy atom. The molecule has 9 heteroatoms. The van der Waals surface area contributed by atoms with Crippen molar-refractivity contribution in [3.05, 3.63) is 54.1 Å². The number of fused-ring (bicyclic) bond motifs is 1. The van der Waals surface area contributed by atoms with E-state index in [9.17, 15) is 13.2 Å². The van der Waals surface area contributed by atoms with Gasteiger partial charge >= 0.3 is 6.18 Å². The molecule has 1 aliphatic heterocycles. The summed E-state index contributed by atoms with van der Waals surface area (Å²) in [5.74, 6) is 2.12. The number of hydrogen-bond donors (Lipinski definition) is 2. The van der Waals surface area contributed by atoms with Gasteiger partial charge in [-0.05, 0) is 29.8 Å². The van der Waals surface area contributed by atoms with Crippen molar-refractivity contribution in [3.8, 4) is 17.2 Å². The maximum Gasteiger partial charge on any atom is 0.422 e. The third-order valence-corrected chi connectivity index (χ3v) is 4.05. The second kappa shape index (κ2) is 9.40. The summed E-state index contributed by atoms with van der Waals surface area (Å²) in [6, 6.07) is 13.9. The van der Waals surface area contributed by atoms with Crippen molar-refractivity contribution < 1.29 is 27.4 Å². The molecule has 2 aromatic rings. The van der Waals surface area contributed by atoms with Gasteiger partial charge in [0.15, 0.2) is 24.1 Å². The Balaban J connectivity index is 1.46. The van der Waals surface area contributed by atoms with E-state index in [1.807, 2.05) is 24.3 Å². The van der Waals surface area contributed by atoms with Crippen LogP contribution in [-0.4, -0.2) is 45.0 Å². The minimum atomic E-state index is -4.37. The molecule has 29 heavy (non-hydrogen) atoms. The summed E-state index contributed by atoms with van der Waals surface area (Å²) in [7, 11) is 1.63. The molecule has 156 valence electrons. The Hall–Kier alpha value is -3.10. The number of nitrogens with one attached hydrogen (secondary N) is 2. The minimum absolute atomic E-state index is 0.163.